The SMILES string of the molecule is CCOc1cc(C=C2C(=O)NN(c3ccccc3)C2=O)ccc1OC. The van der Waals surface area contributed by atoms with Gasteiger partial charge in [0, 0.05) is 0 Å². The molecular formula is C19H18N2O4. The summed E-state index contributed by atoms with van der Waals surface area (Å²) in [7, 11) is 1.56. The summed E-state index contributed by atoms with van der Waals surface area (Å²) in [5, 5.41) is 1.24. The highest BCUT2D eigenvalue weighted by atomic mass is 16.5. The number of hydrogen-bond acceptors (Lipinski definition) is 4. The van der Waals surface area contributed by atoms with Gasteiger partial charge in [-0.15, -0.1) is 0 Å². The maximum Gasteiger partial charge on any atom is 0.282 e. The lowest BCUT2D eigenvalue weighted by molar-refractivity contribution is -0.117. The Hall–Kier alpha value is -3.28. The predicted octanol–water partition coefficient (Wildman–Crippen LogP) is 2.56. The normalized spacial score (nSPS) is 15.4. The first-order valence-corrected chi connectivity index (χ1v) is 7.87. The number of amides is 2. The second kappa shape index (κ2) is 7.09. The highest BCUT2D eigenvalue weighted by molar-refractivity contribution is 6.31. The molecule has 1 N–H and O–H groups in total. The van der Waals surface area contributed by atoms with Crippen LogP contribution in [0, 0.1) is 0 Å². The quantitative estimate of drug-likeness (QED) is 0.672. The van der Waals surface area contributed by atoms with Gasteiger partial charge in [0.05, 0.1) is 19.4 Å². The molecule has 0 atom stereocenters. The Kier molecular flexibility index (Phi) is 4.70. The summed E-state index contributed by atoms with van der Waals surface area (Å²) in [6.45, 7) is 2.36. The molecule has 0 saturated carbocycles. The monoisotopic (exact) mass is 338 g/mol. The first-order chi connectivity index (χ1) is 12.1. The fourth-order valence-electron chi connectivity index (χ4n) is 2.53. The van der Waals surface area contributed by atoms with Crippen molar-refractivity contribution >= 4 is 23.6 Å². The van der Waals surface area contributed by atoms with E-state index in [0.717, 1.165) is 0 Å². The standard InChI is InChI=1S/C19H18N2O4/c1-3-25-17-12-13(9-10-16(17)24-2)11-15-18(22)20-21(19(15)23)14-7-5-4-6-8-14/h4-12H,3H2,1-2H3,(H,20,22). The molecule has 0 spiro atoms. The molecule has 1 aliphatic heterocycles. The molecule has 0 radical (unpaired) electrons. The van der Waals surface area contributed by atoms with E-state index in [4.69, 9.17) is 9.47 Å². The molecule has 2 amide bonds. The molecule has 3 rings (SSSR count). The Morgan fingerprint density at radius 3 is 2.52 bits per heavy atom. The summed E-state index contributed by atoms with van der Waals surface area (Å²) in [6.07, 6.45) is 1.54. The fourth-order valence-corrected chi connectivity index (χ4v) is 2.53. The lowest BCUT2D eigenvalue weighted by atomic mass is 10.1. The van der Waals surface area contributed by atoms with Crippen LogP contribution in [0.15, 0.2) is 54.1 Å². The molecule has 1 aliphatic rings. The Morgan fingerprint density at radius 1 is 1.08 bits per heavy atom. The van der Waals surface area contributed by atoms with E-state index >= 15 is 0 Å². The number of para-hydroxylation sites is 1. The van der Waals surface area contributed by atoms with Gasteiger partial charge in [-0.3, -0.25) is 15.0 Å². The average Bonchev–Trinajstić information content (AvgIpc) is 2.91. The minimum Gasteiger partial charge on any atom is -0.493 e. The smallest absolute Gasteiger partial charge is 0.282 e. The van der Waals surface area contributed by atoms with E-state index in [1.165, 1.54) is 5.01 Å². The fraction of sp³-hybridized carbons (Fsp3) is 0.158. The van der Waals surface area contributed by atoms with Gasteiger partial charge in [0.1, 0.15) is 5.57 Å². The van der Waals surface area contributed by atoms with Crippen LogP contribution in [0.5, 0.6) is 11.5 Å². The van der Waals surface area contributed by atoms with Crippen LogP contribution >= 0.6 is 0 Å². The highest BCUT2D eigenvalue weighted by Crippen LogP contribution is 2.29. The lowest BCUT2D eigenvalue weighted by Crippen LogP contribution is -2.35. The largest absolute Gasteiger partial charge is 0.493 e. The van der Waals surface area contributed by atoms with E-state index in [1.807, 2.05) is 13.0 Å². The van der Waals surface area contributed by atoms with Crippen molar-refractivity contribution in [2.45, 2.75) is 6.92 Å². The first kappa shape index (κ1) is 16.6. The summed E-state index contributed by atoms with van der Waals surface area (Å²) in [4.78, 5) is 24.8. The number of carbonyl (C=O) groups is 2. The molecule has 0 unspecified atom stereocenters. The van der Waals surface area contributed by atoms with E-state index in [-0.39, 0.29) is 5.57 Å². The second-order valence-electron chi connectivity index (χ2n) is 5.32. The van der Waals surface area contributed by atoms with E-state index in [0.29, 0.717) is 29.4 Å². The molecule has 25 heavy (non-hydrogen) atoms. The van der Waals surface area contributed by atoms with Crippen molar-refractivity contribution in [1.29, 1.82) is 0 Å². The van der Waals surface area contributed by atoms with Gasteiger partial charge in [-0.25, -0.2) is 5.01 Å². The van der Waals surface area contributed by atoms with Crippen LogP contribution in [0.3, 0.4) is 0 Å². The number of nitrogens with zero attached hydrogens (tertiary/aromatic N) is 1. The van der Waals surface area contributed by atoms with Crippen LogP contribution in [-0.4, -0.2) is 25.5 Å². The Bertz CT molecular complexity index is 831. The van der Waals surface area contributed by atoms with Crippen LogP contribution < -0.4 is 19.9 Å². The number of carbonyl (C=O) groups excluding carboxylic acids is 2. The lowest BCUT2D eigenvalue weighted by Gasteiger charge is -2.13. The predicted molar refractivity (Wildman–Crippen MR) is 94.2 cm³/mol. The molecule has 2 aromatic carbocycles. The minimum atomic E-state index is -0.442. The number of rotatable bonds is 5. The number of ether oxygens (including phenoxy) is 2. The van der Waals surface area contributed by atoms with Gasteiger partial charge < -0.3 is 9.47 Å². The van der Waals surface area contributed by atoms with Crippen molar-refractivity contribution in [2.24, 2.45) is 0 Å². The van der Waals surface area contributed by atoms with E-state index in [2.05, 4.69) is 5.43 Å². The number of hydrogen-bond donors (Lipinski definition) is 1. The summed E-state index contributed by atoms with van der Waals surface area (Å²) >= 11 is 0. The zero-order valence-electron chi connectivity index (χ0n) is 14.0. The molecule has 6 heteroatoms. The van der Waals surface area contributed by atoms with Gasteiger partial charge in [-0.2, -0.15) is 0 Å². The molecule has 0 aromatic heterocycles. The van der Waals surface area contributed by atoms with Crippen LogP contribution in [-0.2, 0) is 9.59 Å². The van der Waals surface area contributed by atoms with E-state index in [1.54, 1.807) is 55.7 Å². The van der Waals surface area contributed by atoms with Gasteiger partial charge in [-0.05, 0) is 42.8 Å². The van der Waals surface area contributed by atoms with Crippen molar-refractivity contribution in [3.63, 3.8) is 0 Å². The van der Waals surface area contributed by atoms with Gasteiger partial charge in [0.25, 0.3) is 11.8 Å². The molecule has 1 saturated heterocycles. The van der Waals surface area contributed by atoms with Crippen LogP contribution in [0.25, 0.3) is 6.08 Å². The molecule has 6 nitrogen and oxygen atoms in total. The van der Waals surface area contributed by atoms with E-state index < -0.39 is 11.8 Å². The van der Waals surface area contributed by atoms with E-state index in [9.17, 15) is 9.59 Å². The maximum absolute atomic E-state index is 12.6. The first-order valence-electron chi connectivity index (χ1n) is 7.87. The molecule has 0 aliphatic carbocycles. The van der Waals surface area contributed by atoms with Gasteiger partial charge in [0.2, 0.25) is 0 Å². The third kappa shape index (κ3) is 3.33. The van der Waals surface area contributed by atoms with Crippen molar-refractivity contribution in [3.05, 3.63) is 59.7 Å². The Labute approximate surface area is 145 Å². The third-order valence-corrected chi connectivity index (χ3v) is 3.70. The molecule has 0 bridgehead atoms. The Morgan fingerprint density at radius 2 is 1.84 bits per heavy atom. The van der Waals surface area contributed by atoms with Crippen LogP contribution in [0.2, 0.25) is 0 Å². The number of anilines is 1. The summed E-state index contributed by atoms with van der Waals surface area (Å²) in [5.41, 5.74) is 3.92. The molecular weight excluding hydrogens is 320 g/mol. The average molecular weight is 338 g/mol. The summed E-state index contributed by atoms with van der Waals surface area (Å²) < 4.78 is 10.8. The third-order valence-electron chi connectivity index (χ3n) is 3.70. The minimum absolute atomic E-state index is 0.0662. The molecule has 1 heterocycles. The molecule has 128 valence electrons. The molecule has 2 aromatic rings. The number of methoxy groups -OCH3 is 1. The maximum atomic E-state index is 12.6. The van der Waals surface area contributed by atoms with Crippen molar-refractivity contribution < 1.29 is 19.1 Å². The van der Waals surface area contributed by atoms with Crippen LogP contribution in [0.4, 0.5) is 5.69 Å². The van der Waals surface area contributed by atoms with Crippen molar-refractivity contribution in [3.8, 4) is 11.5 Å². The summed E-state index contributed by atoms with van der Waals surface area (Å²) in [6, 6.07) is 14.2. The number of benzene rings is 2. The van der Waals surface area contributed by atoms with Crippen LogP contribution in [0.1, 0.15) is 12.5 Å². The highest BCUT2D eigenvalue weighted by Gasteiger charge is 2.34. The van der Waals surface area contributed by atoms with Crippen molar-refractivity contribution in [2.75, 3.05) is 18.7 Å². The second-order valence-corrected chi connectivity index (χ2v) is 5.32. The summed E-state index contributed by atoms with van der Waals surface area (Å²) in [5.74, 6) is 0.315. The van der Waals surface area contributed by atoms with Gasteiger partial charge >= 0.3 is 0 Å². The van der Waals surface area contributed by atoms with Gasteiger partial charge in [0.15, 0.2) is 11.5 Å². The van der Waals surface area contributed by atoms with Gasteiger partial charge in [-0.1, -0.05) is 24.3 Å². The number of nitrogens with one attached hydrogen (secondary N) is 1. The van der Waals surface area contributed by atoms with Crippen molar-refractivity contribution in [1.82, 2.24) is 5.43 Å². The Balaban J connectivity index is 1.92. The molecule has 1 fully saturated rings. The number of hydrazine groups is 1. The zero-order valence-corrected chi connectivity index (χ0v) is 14.0. The topological polar surface area (TPSA) is 67.9 Å². The zero-order chi connectivity index (χ0) is 17.8.